The Morgan fingerprint density at radius 2 is 2.17 bits per heavy atom. The van der Waals surface area contributed by atoms with Gasteiger partial charge in [0, 0.05) is 25.0 Å². The van der Waals surface area contributed by atoms with Crippen molar-refractivity contribution in [3.8, 4) is 0 Å². The van der Waals surface area contributed by atoms with Gasteiger partial charge in [-0.05, 0) is 24.5 Å². The van der Waals surface area contributed by atoms with Crippen molar-refractivity contribution in [3.05, 3.63) is 24.3 Å². The largest absolute Gasteiger partial charge is 0.338 e. The molecule has 0 N–H and O–H groups in total. The maximum atomic E-state index is 4.79. The second kappa shape index (κ2) is 4.57. The lowest BCUT2D eigenvalue weighted by molar-refractivity contribution is 0.549. The Morgan fingerprint density at radius 3 is 2.89 bits per heavy atom. The standard InChI is InChI=1S/C14H18BrN3/c1-10-7-8-18(13(10)9-15)14-16-11-5-3-4-6-12(11)17(14)2/h3-6,10,13H,7-9H2,1-2H3. The van der Waals surface area contributed by atoms with E-state index in [-0.39, 0.29) is 0 Å². The fourth-order valence-electron chi connectivity index (χ4n) is 2.88. The maximum absolute atomic E-state index is 4.79. The molecule has 4 heteroatoms. The number of hydrogen-bond donors (Lipinski definition) is 0. The number of hydrogen-bond acceptors (Lipinski definition) is 2. The molecule has 3 rings (SSSR count). The second-order valence-electron chi connectivity index (χ2n) is 5.14. The molecule has 0 aliphatic carbocycles. The van der Waals surface area contributed by atoms with Crippen molar-refractivity contribution in [2.75, 3.05) is 16.8 Å². The molecule has 1 aliphatic rings. The number of rotatable bonds is 2. The summed E-state index contributed by atoms with van der Waals surface area (Å²) in [5.74, 6) is 1.83. The smallest absolute Gasteiger partial charge is 0.206 e. The van der Waals surface area contributed by atoms with Gasteiger partial charge in [-0.15, -0.1) is 0 Å². The highest BCUT2D eigenvalue weighted by molar-refractivity contribution is 9.09. The van der Waals surface area contributed by atoms with Gasteiger partial charge >= 0.3 is 0 Å². The monoisotopic (exact) mass is 307 g/mol. The van der Waals surface area contributed by atoms with Crippen molar-refractivity contribution in [1.82, 2.24) is 9.55 Å². The number of alkyl halides is 1. The molecule has 0 saturated carbocycles. The zero-order valence-corrected chi connectivity index (χ0v) is 12.4. The van der Waals surface area contributed by atoms with E-state index in [1.165, 1.54) is 11.9 Å². The van der Waals surface area contributed by atoms with E-state index in [0.29, 0.717) is 6.04 Å². The van der Waals surface area contributed by atoms with Gasteiger partial charge < -0.3 is 9.47 Å². The van der Waals surface area contributed by atoms with Gasteiger partial charge in [-0.2, -0.15) is 0 Å². The molecule has 2 heterocycles. The summed E-state index contributed by atoms with van der Waals surface area (Å²) < 4.78 is 2.21. The summed E-state index contributed by atoms with van der Waals surface area (Å²) in [5.41, 5.74) is 2.29. The van der Waals surface area contributed by atoms with Crippen LogP contribution in [0.3, 0.4) is 0 Å². The van der Waals surface area contributed by atoms with Crippen LogP contribution in [0, 0.1) is 5.92 Å². The van der Waals surface area contributed by atoms with Gasteiger partial charge in [0.25, 0.3) is 0 Å². The van der Waals surface area contributed by atoms with Crippen LogP contribution in [0.1, 0.15) is 13.3 Å². The van der Waals surface area contributed by atoms with Crippen molar-refractivity contribution in [1.29, 1.82) is 0 Å². The molecule has 2 atom stereocenters. The Kier molecular flexibility index (Phi) is 3.06. The van der Waals surface area contributed by atoms with Crippen LogP contribution in [0.15, 0.2) is 24.3 Å². The van der Waals surface area contributed by atoms with E-state index in [4.69, 9.17) is 4.98 Å². The van der Waals surface area contributed by atoms with Crippen molar-refractivity contribution in [2.45, 2.75) is 19.4 Å². The zero-order valence-electron chi connectivity index (χ0n) is 10.8. The van der Waals surface area contributed by atoms with E-state index < -0.39 is 0 Å². The lowest BCUT2D eigenvalue weighted by Crippen LogP contribution is -2.35. The van der Waals surface area contributed by atoms with Crippen LogP contribution in [0.4, 0.5) is 5.95 Å². The number of benzene rings is 1. The first-order valence-corrected chi connectivity index (χ1v) is 7.58. The minimum Gasteiger partial charge on any atom is -0.338 e. The summed E-state index contributed by atoms with van der Waals surface area (Å²) in [4.78, 5) is 7.24. The average Bonchev–Trinajstić information content (AvgIpc) is 2.91. The molecule has 1 aliphatic heterocycles. The number of halogens is 1. The van der Waals surface area contributed by atoms with Gasteiger partial charge in [0.2, 0.25) is 5.95 Å². The number of nitrogens with zero attached hydrogens (tertiary/aromatic N) is 3. The first kappa shape index (κ1) is 12.0. The Hall–Kier alpha value is -1.03. The van der Waals surface area contributed by atoms with Crippen LogP contribution in [-0.2, 0) is 7.05 Å². The fourth-order valence-corrected chi connectivity index (χ4v) is 3.87. The van der Waals surface area contributed by atoms with Crippen molar-refractivity contribution < 1.29 is 0 Å². The predicted molar refractivity (Wildman–Crippen MR) is 79.4 cm³/mol. The van der Waals surface area contributed by atoms with E-state index in [1.807, 2.05) is 6.07 Å². The summed E-state index contributed by atoms with van der Waals surface area (Å²) in [7, 11) is 2.11. The first-order valence-electron chi connectivity index (χ1n) is 6.46. The number of para-hydroxylation sites is 2. The van der Waals surface area contributed by atoms with Crippen molar-refractivity contribution in [3.63, 3.8) is 0 Å². The van der Waals surface area contributed by atoms with Gasteiger partial charge in [0.15, 0.2) is 0 Å². The SMILES string of the molecule is CC1CCN(c2nc3ccccc3n2C)C1CBr. The van der Waals surface area contributed by atoms with E-state index in [1.54, 1.807) is 0 Å². The number of fused-ring (bicyclic) bond motifs is 1. The van der Waals surface area contributed by atoms with Gasteiger partial charge in [0.05, 0.1) is 11.0 Å². The fraction of sp³-hybridized carbons (Fsp3) is 0.500. The third-order valence-corrected chi connectivity index (χ3v) is 4.72. The highest BCUT2D eigenvalue weighted by Gasteiger charge is 2.32. The van der Waals surface area contributed by atoms with Crippen LogP contribution < -0.4 is 4.90 Å². The Morgan fingerprint density at radius 1 is 1.39 bits per heavy atom. The first-order chi connectivity index (χ1) is 8.72. The normalized spacial score (nSPS) is 24.1. The van der Waals surface area contributed by atoms with E-state index >= 15 is 0 Å². The number of imidazole rings is 1. The van der Waals surface area contributed by atoms with E-state index in [9.17, 15) is 0 Å². The summed E-state index contributed by atoms with van der Waals surface area (Å²) in [6, 6.07) is 8.90. The topological polar surface area (TPSA) is 21.1 Å². The molecule has 18 heavy (non-hydrogen) atoms. The van der Waals surface area contributed by atoms with E-state index in [2.05, 4.69) is 57.6 Å². The number of aromatic nitrogens is 2. The Labute approximate surface area is 116 Å². The third kappa shape index (κ3) is 1.74. The molecule has 1 saturated heterocycles. The average molecular weight is 308 g/mol. The number of aryl methyl sites for hydroxylation is 1. The number of anilines is 1. The maximum Gasteiger partial charge on any atom is 0.206 e. The Balaban J connectivity index is 2.06. The van der Waals surface area contributed by atoms with Crippen LogP contribution >= 0.6 is 15.9 Å². The van der Waals surface area contributed by atoms with Crippen molar-refractivity contribution >= 4 is 32.9 Å². The second-order valence-corrected chi connectivity index (χ2v) is 5.79. The van der Waals surface area contributed by atoms with Crippen LogP contribution in [0.2, 0.25) is 0 Å². The van der Waals surface area contributed by atoms with Crippen LogP contribution in [0.25, 0.3) is 11.0 Å². The predicted octanol–water partition coefficient (Wildman–Crippen LogP) is 3.18. The van der Waals surface area contributed by atoms with Gasteiger partial charge in [0.1, 0.15) is 0 Å². The highest BCUT2D eigenvalue weighted by Crippen LogP contribution is 2.31. The summed E-state index contributed by atoms with van der Waals surface area (Å²) in [5, 5.41) is 1.01. The summed E-state index contributed by atoms with van der Waals surface area (Å²) in [6.45, 7) is 3.43. The lowest BCUT2D eigenvalue weighted by atomic mass is 10.1. The molecule has 0 bridgehead atoms. The molecule has 0 amide bonds. The van der Waals surface area contributed by atoms with Gasteiger partial charge in [-0.3, -0.25) is 0 Å². The molecular formula is C14H18BrN3. The molecule has 0 spiro atoms. The van der Waals surface area contributed by atoms with Crippen molar-refractivity contribution in [2.24, 2.45) is 13.0 Å². The highest BCUT2D eigenvalue weighted by atomic mass is 79.9. The summed E-state index contributed by atoms with van der Waals surface area (Å²) in [6.07, 6.45) is 1.25. The molecule has 1 aromatic heterocycles. The molecule has 2 unspecified atom stereocenters. The van der Waals surface area contributed by atoms with E-state index in [0.717, 1.165) is 29.3 Å². The van der Waals surface area contributed by atoms with Crippen LogP contribution in [0.5, 0.6) is 0 Å². The van der Waals surface area contributed by atoms with Gasteiger partial charge in [-0.25, -0.2) is 4.98 Å². The van der Waals surface area contributed by atoms with Crippen LogP contribution in [-0.4, -0.2) is 27.5 Å². The molecule has 0 radical (unpaired) electrons. The molecule has 1 fully saturated rings. The molecule has 1 aromatic carbocycles. The third-order valence-electron chi connectivity index (χ3n) is 4.06. The molecular weight excluding hydrogens is 290 g/mol. The molecule has 96 valence electrons. The molecule has 2 aromatic rings. The molecule has 3 nitrogen and oxygen atoms in total. The summed E-state index contributed by atoms with van der Waals surface area (Å²) >= 11 is 3.64. The van der Waals surface area contributed by atoms with Gasteiger partial charge in [-0.1, -0.05) is 35.0 Å². The minimum absolute atomic E-state index is 0.556. The minimum atomic E-state index is 0.556. The quantitative estimate of drug-likeness (QED) is 0.795. The lowest BCUT2D eigenvalue weighted by Gasteiger charge is -2.26. The Bertz CT molecular complexity index is 563. The zero-order chi connectivity index (χ0) is 12.7.